The highest BCUT2D eigenvalue weighted by atomic mass is 16.8. The van der Waals surface area contributed by atoms with E-state index in [2.05, 4.69) is 0 Å². The van der Waals surface area contributed by atoms with Gasteiger partial charge in [0.15, 0.2) is 17.7 Å². The van der Waals surface area contributed by atoms with Gasteiger partial charge in [-0.25, -0.2) is 0 Å². The lowest BCUT2D eigenvalue weighted by atomic mass is 9.64. The minimum Gasteiger partial charge on any atom is -0.469 e. The normalized spacial score (nSPS) is 40.2. The van der Waals surface area contributed by atoms with Crippen LogP contribution in [-0.4, -0.2) is 96.9 Å². The lowest BCUT2D eigenvalue weighted by molar-refractivity contribution is -0.222. The molecular weight excluding hydrogens is 482 g/mol. The molecule has 37 heavy (non-hydrogen) atoms. The van der Waals surface area contributed by atoms with E-state index in [1.807, 2.05) is 58.0 Å². The third kappa shape index (κ3) is 4.57. The molecule has 10 heteroatoms. The first-order chi connectivity index (χ1) is 17.5. The number of esters is 1. The third-order valence-electron chi connectivity index (χ3n) is 8.03. The van der Waals surface area contributed by atoms with Crippen LogP contribution in [-0.2, 0) is 38.0 Å². The minimum atomic E-state index is -0.969. The number of hydrogen-bond donors (Lipinski definition) is 1. The molecule has 0 aromatic heterocycles. The summed E-state index contributed by atoms with van der Waals surface area (Å²) in [6.45, 7) is 7.60. The molecule has 9 atom stereocenters. The quantitative estimate of drug-likeness (QED) is 0.442. The van der Waals surface area contributed by atoms with Crippen LogP contribution in [0, 0.1) is 5.92 Å². The zero-order valence-corrected chi connectivity index (χ0v) is 22.2. The second-order valence-electron chi connectivity index (χ2n) is 11.2. The highest BCUT2D eigenvalue weighted by molar-refractivity contribution is 5.89. The molecule has 4 aliphatic rings. The lowest BCUT2D eigenvalue weighted by Crippen LogP contribution is -2.79. The highest BCUT2D eigenvalue weighted by Gasteiger charge is 2.67. The highest BCUT2D eigenvalue weighted by Crippen LogP contribution is 2.51. The summed E-state index contributed by atoms with van der Waals surface area (Å²) in [6, 6.07) is 8.32. The van der Waals surface area contributed by atoms with Gasteiger partial charge >= 0.3 is 5.97 Å². The zero-order valence-electron chi connectivity index (χ0n) is 22.2. The molecule has 0 bridgehead atoms. The fourth-order valence-corrected chi connectivity index (χ4v) is 6.61. The van der Waals surface area contributed by atoms with Crippen molar-refractivity contribution in [2.24, 2.45) is 5.92 Å². The van der Waals surface area contributed by atoms with Crippen LogP contribution < -0.4 is 0 Å². The van der Waals surface area contributed by atoms with E-state index in [4.69, 9.17) is 28.4 Å². The number of nitrogens with zero attached hydrogens (tertiary/aromatic N) is 1. The topological polar surface area (TPSA) is 113 Å². The molecule has 5 rings (SSSR count). The van der Waals surface area contributed by atoms with Crippen LogP contribution >= 0.6 is 0 Å². The molecule has 1 amide bonds. The van der Waals surface area contributed by atoms with Crippen molar-refractivity contribution >= 4 is 11.9 Å². The van der Waals surface area contributed by atoms with Crippen LogP contribution in [0.2, 0.25) is 0 Å². The molecular formula is C27H37NO9. The first kappa shape index (κ1) is 26.5. The monoisotopic (exact) mass is 519 g/mol. The molecule has 0 radical (unpaired) electrons. The first-order valence-electron chi connectivity index (χ1n) is 12.8. The van der Waals surface area contributed by atoms with Crippen LogP contribution in [0.5, 0.6) is 0 Å². The summed E-state index contributed by atoms with van der Waals surface area (Å²) >= 11 is 0. The number of β-lactam (4-membered cyclic amide) rings is 1. The van der Waals surface area contributed by atoms with Crippen LogP contribution in [0.1, 0.15) is 45.6 Å². The average molecular weight is 520 g/mol. The predicted molar refractivity (Wildman–Crippen MR) is 129 cm³/mol. The molecule has 0 spiro atoms. The van der Waals surface area contributed by atoms with E-state index in [-0.39, 0.29) is 12.3 Å². The molecule has 0 unspecified atom stereocenters. The van der Waals surface area contributed by atoms with Crippen LogP contribution in [0.3, 0.4) is 0 Å². The summed E-state index contributed by atoms with van der Waals surface area (Å²) in [5.41, 5.74) is 0.860. The summed E-state index contributed by atoms with van der Waals surface area (Å²) in [5, 5.41) is 11.7. The number of benzene rings is 1. The second kappa shape index (κ2) is 9.59. The summed E-state index contributed by atoms with van der Waals surface area (Å²) in [4.78, 5) is 27.8. The summed E-state index contributed by atoms with van der Waals surface area (Å²) in [6.07, 6.45) is -3.46. The SMILES string of the molecule is COC(=O)C[C@@H]1[C@H](c2ccccc2)[C@@H](O)[C@@H]2[C@H](OC)C(=O)N2[C@@H]1[C@H]1OC(C)(C)O[C@H]1[C@H]1COC(C)(C)O1. The van der Waals surface area contributed by atoms with Crippen molar-refractivity contribution in [3.05, 3.63) is 35.9 Å². The Balaban J connectivity index is 1.60. The second-order valence-corrected chi connectivity index (χ2v) is 11.2. The van der Waals surface area contributed by atoms with Crippen molar-refractivity contribution in [1.29, 1.82) is 0 Å². The van der Waals surface area contributed by atoms with E-state index in [0.29, 0.717) is 6.61 Å². The molecule has 0 aliphatic carbocycles. The molecule has 1 aromatic rings. The number of amides is 1. The van der Waals surface area contributed by atoms with Crippen LogP contribution in [0.4, 0.5) is 0 Å². The third-order valence-corrected chi connectivity index (χ3v) is 8.03. The molecule has 1 N–H and O–H groups in total. The summed E-state index contributed by atoms with van der Waals surface area (Å²) in [7, 11) is 2.80. The van der Waals surface area contributed by atoms with Gasteiger partial charge in [0.25, 0.3) is 5.91 Å². The maximum atomic E-state index is 13.4. The van der Waals surface area contributed by atoms with Crippen molar-refractivity contribution in [1.82, 2.24) is 4.90 Å². The van der Waals surface area contributed by atoms with Crippen molar-refractivity contribution in [2.75, 3.05) is 20.8 Å². The van der Waals surface area contributed by atoms with Gasteiger partial charge in [0, 0.05) is 18.9 Å². The molecule has 4 fully saturated rings. The van der Waals surface area contributed by atoms with Gasteiger partial charge in [-0.15, -0.1) is 0 Å². The molecule has 4 saturated heterocycles. The van der Waals surface area contributed by atoms with Gasteiger partial charge in [0.1, 0.15) is 18.3 Å². The van der Waals surface area contributed by atoms with Crippen molar-refractivity contribution in [3.8, 4) is 0 Å². The summed E-state index contributed by atoms with van der Waals surface area (Å²) in [5.74, 6) is -3.46. The number of carbonyl (C=O) groups is 2. The van der Waals surface area contributed by atoms with Crippen molar-refractivity contribution in [3.63, 3.8) is 0 Å². The van der Waals surface area contributed by atoms with Gasteiger partial charge in [-0.1, -0.05) is 30.3 Å². The smallest absolute Gasteiger partial charge is 0.305 e. The number of ether oxygens (including phenoxy) is 6. The van der Waals surface area contributed by atoms with E-state index in [1.165, 1.54) is 14.2 Å². The Morgan fingerprint density at radius 1 is 1.03 bits per heavy atom. The molecule has 4 aliphatic heterocycles. The Morgan fingerprint density at radius 2 is 1.70 bits per heavy atom. The Kier molecular flexibility index (Phi) is 6.87. The molecule has 10 nitrogen and oxygen atoms in total. The zero-order chi connectivity index (χ0) is 26.7. The molecule has 4 heterocycles. The number of aliphatic hydroxyl groups excluding tert-OH is 1. The standard InChI is InChI=1S/C27H37NO9/c1-26(2)34-13-16(35-26)22-23(37-27(3,4)36-22)19-15(12-17(29)32-5)18(14-10-8-7-9-11-14)21(30)20-24(33-6)25(31)28(19)20/h7-11,15-16,18-24,30H,12-13H2,1-6H3/t15-,16-,18+,19+,20-,21-,22+,23-,24+/m1/s1. The molecule has 204 valence electrons. The maximum absolute atomic E-state index is 13.4. The van der Waals surface area contributed by atoms with Crippen LogP contribution in [0.15, 0.2) is 30.3 Å². The maximum Gasteiger partial charge on any atom is 0.305 e. The number of piperidine rings is 1. The number of carbonyl (C=O) groups excluding carboxylic acids is 2. The fraction of sp³-hybridized carbons (Fsp3) is 0.704. The number of aliphatic hydroxyl groups is 1. The first-order valence-corrected chi connectivity index (χ1v) is 12.8. The van der Waals surface area contributed by atoms with Gasteiger partial charge < -0.3 is 38.4 Å². The van der Waals surface area contributed by atoms with E-state index in [1.54, 1.807) is 4.90 Å². The lowest BCUT2D eigenvalue weighted by Gasteiger charge is -2.61. The largest absolute Gasteiger partial charge is 0.469 e. The van der Waals surface area contributed by atoms with Crippen molar-refractivity contribution < 1.29 is 43.1 Å². The van der Waals surface area contributed by atoms with E-state index < -0.39 is 72.0 Å². The van der Waals surface area contributed by atoms with Crippen molar-refractivity contribution in [2.45, 2.75) is 94.2 Å². The van der Waals surface area contributed by atoms with Gasteiger partial charge in [-0.05, 0) is 33.3 Å². The number of methoxy groups -OCH3 is 2. The number of hydrogen-bond acceptors (Lipinski definition) is 9. The molecule has 1 aromatic carbocycles. The predicted octanol–water partition coefficient (Wildman–Crippen LogP) is 1.59. The van der Waals surface area contributed by atoms with Gasteiger partial charge in [-0.2, -0.15) is 0 Å². The van der Waals surface area contributed by atoms with Crippen LogP contribution in [0.25, 0.3) is 0 Å². The number of fused-ring (bicyclic) bond motifs is 1. The Morgan fingerprint density at radius 3 is 2.30 bits per heavy atom. The minimum absolute atomic E-state index is 0.0214. The van der Waals surface area contributed by atoms with E-state index in [0.717, 1.165) is 5.56 Å². The Labute approximate surface area is 217 Å². The Hall–Kier alpha value is -2.08. The van der Waals surface area contributed by atoms with E-state index in [9.17, 15) is 14.7 Å². The van der Waals surface area contributed by atoms with Gasteiger partial charge in [-0.3, -0.25) is 9.59 Å². The number of rotatable bonds is 6. The molecule has 0 saturated carbocycles. The van der Waals surface area contributed by atoms with Gasteiger partial charge in [0.2, 0.25) is 0 Å². The average Bonchev–Trinajstić information content (AvgIpc) is 3.37. The Bertz CT molecular complexity index is 1010. The summed E-state index contributed by atoms with van der Waals surface area (Å²) < 4.78 is 35.4. The fourth-order valence-electron chi connectivity index (χ4n) is 6.61. The van der Waals surface area contributed by atoms with Gasteiger partial charge in [0.05, 0.1) is 38.3 Å². The van der Waals surface area contributed by atoms with E-state index >= 15 is 0 Å².